The van der Waals surface area contributed by atoms with Gasteiger partial charge in [-0.3, -0.25) is 23.7 Å². The number of hydrogen-bond donors (Lipinski definition) is 1. The van der Waals surface area contributed by atoms with E-state index in [0.29, 0.717) is 6.07 Å². The van der Waals surface area contributed by atoms with Crippen LogP contribution in [0.4, 0.5) is 8.78 Å². The molecule has 0 spiro atoms. The molecule has 1 N–H and O–H groups in total. The molecule has 181 valence electrons. The molecule has 0 amide bonds. The van der Waals surface area contributed by atoms with Crippen molar-refractivity contribution in [2.24, 2.45) is 0 Å². The molecule has 0 aliphatic heterocycles. The van der Waals surface area contributed by atoms with Gasteiger partial charge in [0.15, 0.2) is 0 Å². The maximum absolute atomic E-state index is 13.4. The maximum Gasteiger partial charge on any atom is 0.353 e. The van der Waals surface area contributed by atoms with Crippen LogP contribution in [-0.4, -0.2) is 26.0 Å². The van der Waals surface area contributed by atoms with Gasteiger partial charge < -0.3 is 5.11 Å². The molecule has 0 bridgehead atoms. The Hall–Kier alpha value is -4.13. The van der Waals surface area contributed by atoms with Crippen molar-refractivity contribution in [1.29, 1.82) is 0 Å². The first-order chi connectivity index (χ1) is 17.0. The van der Waals surface area contributed by atoms with Crippen molar-refractivity contribution < 1.29 is 38.8 Å². The summed E-state index contributed by atoms with van der Waals surface area (Å²) in [5.41, 5.74) is 3.65. The Morgan fingerprint density at radius 3 is 1.89 bits per heavy atom. The predicted molar refractivity (Wildman–Crippen MR) is 127 cm³/mol. The minimum Gasteiger partial charge on any atom is -0.477 e. The molecule has 0 fully saturated rings. The summed E-state index contributed by atoms with van der Waals surface area (Å²) >= 11 is 0. The molecule has 5 aromatic rings. The minimum absolute atomic E-state index is 0. The Labute approximate surface area is 219 Å². The van der Waals surface area contributed by atoms with Crippen LogP contribution in [0.3, 0.4) is 0 Å². The van der Waals surface area contributed by atoms with E-state index in [2.05, 4.69) is 27.1 Å². The molecule has 1 radical (unpaired) electrons. The minimum atomic E-state index is -1.21. The Bertz CT molecular complexity index is 1400. The fourth-order valence-electron chi connectivity index (χ4n) is 3.15. The first-order valence-electron chi connectivity index (χ1n) is 10.4. The van der Waals surface area contributed by atoms with Crippen molar-refractivity contribution in [3.05, 3.63) is 127 Å². The number of halogens is 2. The van der Waals surface area contributed by atoms with Crippen LogP contribution in [0, 0.1) is 23.8 Å². The number of carboxylic acids is 1. The van der Waals surface area contributed by atoms with Gasteiger partial charge in [-0.1, -0.05) is 59.2 Å². The molecule has 8 heteroatoms. The van der Waals surface area contributed by atoms with E-state index < -0.39 is 17.6 Å². The average molecular weight is 658 g/mol. The quantitative estimate of drug-likeness (QED) is 0.236. The summed E-state index contributed by atoms with van der Waals surface area (Å²) in [5.74, 6) is -2.80. The molecule has 0 aliphatic rings. The van der Waals surface area contributed by atoms with Gasteiger partial charge >= 0.3 is 5.97 Å². The largest absolute Gasteiger partial charge is 0.477 e. The van der Waals surface area contributed by atoms with Crippen LogP contribution in [-0.2, 0) is 20.1 Å². The molecule has 2 aromatic carbocycles. The summed E-state index contributed by atoms with van der Waals surface area (Å²) in [7, 11) is 0. The van der Waals surface area contributed by atoms with Crippen molar-refractivity contribution >= 4 is 5.97 Å². The molecule has 0 atom stereocenters. The number of aromatic nitrogens is 3. The Morgan fingerprint density at radius 1 is 0.778 bits per heavy atom. The van der Waals surface area contributed by atoms with Crippen LogP contribution in [0.25, 0.3) is 33.8 Å². The van der Waals surface area contributed by atoms with Gasteiger partial charge in [0, 0.05) is 55.5 Å². The molecule has 0 saturated carbocycles. The average Bonchev–Trinajstić information content (AvgIpc) is 2.90. The van der Waals surface area contributed by atoms with Crippen molar-refractivity contribution in [3.8, 4) is 33.8 Å². The van der Waals surface area contributed by atoms with E-state index in [1.807, 2.05) is 54.6 Å². The number of carboxylic acid groups (broad SMARTS) is 1. The van der Waals surface area contributed by atoms with Crippen LogP contribution in [0.1, 0.15) is 10.5 Å². The molecule has 0 saturated heterocycles. The number of pyridine rings is 3. The Kier molecular flexibility index (Phi) is 9.22. The third-order valence-electron chi connectivity index (χ3n) is 4.76. The topological polar surface area (TPSA) is 76.0 Å². The predicted octanol–water partition coefficient (Wildman–Crippen LogP) is 6.13. The third kappa shape index (κ3) is 6.72. The van der Waals surface area contributed by atoms with Gasteiger partial charge in [-0.2, -0.15) is 0 Å². The Morgan fingerprint density at radius 2 is 1.36 bits per heavy atom. The number of hydrogen-bond acceptors (Lipinski definition) is 4. The van der Waals surface area contributed by atoms with E-state index in [-0.39, 0.29) is 37.1 Å². The van der Waals surface area contributed by atoms with Crippen LogP contribution in [0.5, 0.6) is 0 Å². The Balaban J connectivity index is 0.000000196. The monoisotopic (exact) mass is 658 g/mol. The molecule has 0 unspecified atom stereocenters. The molecule has 3 aromatic heterocycles. The van der Waals surface area contributed by atoms with Gasteiger partial charge in [0.05, 0.1) is 0 Å². The van der Waals surface area contributed by atoms with E-state index >= 15 is 0 Å². The fourth-order valence-corrected chi connectivity index (χ4v) is 3.15. The second-order valence-corrected chi connectivity index (χ2v) is 7.16. The van der Waals surface area contributed by atoms with Crippen molar-refractivity contribution in [3.63, 3.8) is 0 Å². The standard InChI is InChI=1S/C16H11N2.C12H6F2NO2.Ir/c1-3-10-17-15(8-1)13-6-5-7-14(12-13)16-9-2-4-11-18-16;13-7-4-5-8(9(14)6-7)10-2-1-3-11(15-10)12(16)17;/h1-11H;1-4,6H,(H,16,17);/q2*-1;. The second kappa shape index (κ2) is 12.5. The van der Waals surface area contributed by atoms with Gasteiger partial charge in [0.1, 0.15) is 5.69 Å². The maximum atomic E-state index is 13.4. The van der Waals surface area contributed by atoms with Crippen molar-refractivity contribution in [2.45, 2.75) is 0 Å². The zero-order chi connectivity index (χ0) is 24.6. The summed E-state index contributed by atoms with van der Waals surface area (Å²) in [6.45, 7) is 0. The summed E-state index contributed by atoms with van der Waals surface area (Å²) in [6.07, 6.45) is 3.58. The van der Waals surface area contributed by atoms with Crippen LogP contribution in [0.15, 0.2) is 97.3 Å². The first kappa shape index (κ1) is 26.5. The number of rotatable bonds is 4. The molecule has 36 heavy (non-hydrogen) atoms. The van der Waals surface area contributed by atoms with Gasteiger partial charge in [-0.05, 0) is 23.9 Å². The summed E-state index contributed by atoms with van der Waals surface area (Å²) in [5, 5.41) is 8.74. The molecule has 5 nitrogen and oxygen atoms in total. The van der Waals surface area contributed by atoms with Crippen LogP contribution in [0.2, 0.25) is 0 Å². The van der Waals surface area contributed by atoms with E-state index in [1.165, 1.54) is 18.2 Å². The van der Waals surface area contributed by atoms with Gasteiger partial charge in [0.25, 0.3) is 0 Å². The molecular formula is C28H17F2IrN3O2-2. The number of carbonyl (C=O) groups is 1. The van der Waals surface area contributed by atoms with Crippen LogP contribution < -0.4 is 0 Å². The first-order valence-corrected chi connectivity index (χ1v) is 10.4. The van der Waals surface area contributed by atoms with Crippen molar-refractivity contribution in [1.82, 2.24) is 15.0 Å². The second-order valence-electron chi connectivity index (χ2n) is 7.16. The normalized spacial score (nSPS) is 9.94. The van der Waals surface area contributed by atoms with Gasteiger partial charge in [-0.25, -0.2) is 4.79 Å². The molecule has 0 aliphatic carbocycles. The SMILES string of the molecule is O=C(O)c1cccc(-c2[c-]cc(F)cc2F)n1.[Ir].[c-]1c(-c2ccccn2)cccc1-c1ccccn1. The number of benzene rings is 2. The summed E-state index contributed by atoms with van der Waals surface area (Å²) in [6, 6.07) is 29.3. The molecule has 3 heterocycles. The van der Waals surface area contributed by atoms with E-state index in [9.17, 15) is 13.6 Å². The third-order valence-corrected chi connectivity index (χ3v) is 4.76. The zero-order valence-corrected chi connectivity index (χ0v) is 20.9. The molecule has 5 rings (SSSR count). The van der Waals surface area contributed by atoms with E-state index in [1.54, 1.807) is 12.4 Å². The van der Waals surface area contributed by atoms with E-state index in [0.717, 1.165) is 28.6 Å². The number of nitrogens with zero attached hydrogens (tertiary/aromatic N) is 3. The summed E-state index contributed by atoms with van der Waals surface area (Å²) in [4.78, 5) is 23.1. The van der Waals surface area contributed by atoms with Crippen LogP contribution >= 0.6 is 0 Å². The zero-order valence-electron chi connectivity index (χ0n) is 18.5. The van der Waals surface area contributed by atoms with Gasteiger partial charge in [0.2, 0.25) is 0 Å². The van der Waals surface area contributed by atoms with E-state index in [4.69, 9.17) is 5.11 Å². The molecular weight excluding hydrogens is 641 g/mol. The smallest absolute Gasteiger partial charge is 0.353 e. The fraction of sp³-hybridized carbons (Fsp3) is 0. The van der Waals surface area contributed by atoms with Gasteiger partial charge in [-0.15, -0.1) is 36.4 Å². The number of aromatic carboxylic acids is 1. The van der Waals surface area contributed by atoms with Crippen molar-refractivity contribution in [2.75, 3.05) is 0 Å². The summed E-state index contributed by atoms with van der Waals surface area (Å²) < 4.78 is 26.1.